The van der Waals surface area contributed by atoms with Crippen LogP contribution in [0.2, 0.25) is 0 Å². The molecule has 2 aromatic rings. The third-order valence-electron chi connectivity index (χ3n) is 3.23. The van der Waals surface area contributed by atoms with E-state index in [-0.39, 0.29) is 0 Å². The van der Waals surface area contributed by atoms with E-state index in [0.717, 1.165) is 12.8 Å². The first-order valence-corrected chi connectivity index (χ1v) is 6.43. The van der Waals surface area contributed by atoms with Crippen molar-refractivity contribution in [2.75, 3.05) is 7.05 Å². The van der Waals surface area contributed by atoms with Gasteiger partial charge in [0.2, 0.25) is 0 Å². The summed E-state index contributed by atoms with van der Waals surface area (Å²) in [5, 5.41) is 3.39. The molecule has 1 aromatic carbocycles. The second-order valence-corrected chi connectivity index (χ2v) is 5.02. The Morgan fingerprint density at radius 1 is 1.06 bits per heavy atom. The summed E-state index contributed by atoms with van der Waals surface area (Å²) in [6, 6.07) is 9.24. The van der Waals surface area contributed by atoms with Crippen LogP contribution < -0.4 is 5.32 Å². The standard InChI is InChI=1S/C16H21NO/c1-12-6-13(2)8-15(7-12)10-16(17-3)9-14-4-5-18-11-14/h4-8,11,16-17H,9-10H2,1-3H3. The molecule has 1 heterocycles. The zero-order valence-corrected chi connectivity index (χ0v) is 11.4. The molecule has 2 nitrogen and oxygen atoms in total. The highest BCUT2D eigenvalue weighted by atomic mass is 16.3. The summed E-state index contributed by atoms with van der Waals surface area (Å²) >= 11 is 0. The molecule has 0 fully saturated rings. The Balaban J connectivity index is 2.05. The molecule has 1 aromatic heterocycles. The molecule has 0 saturated heterocycles. The van der Waals surface area contributed by atoms with Gasteiger partial charge in [-0.1, -0.05) is 29.3 Å². The van der Waals surface area contributed by atoms with Gasteiger partial charge in [0.15, 0.2) is 0 Å². The average Bonchev–Trinajstić information content (AvgIpc) is 2.79. The number of furan rings is 1. The molecule has 0 bridgehead atoms. The van der Waals surface area contributed by atoms with E-state index < -0.39 is 0 Å². The largest absolute Gasteiger partial charge is 0.472 e. The van der Waals surface area contributed by atoms with E-state index in [0.29, 0.717) is 6.04 Å². The summed E-state index contributed by atoms with van der Waals surface area (Å²) in [6.07, 6.45) is 5.61. The van der Waals surface area contributed by atoms with Crippen LogP contribution in [0.4, 0.5) is 0 Å². The van der Waals surface area contributed by atoms with Crippen molar-refractivity contribution in [3.05, 3.63) is 59.0 Å². The topological polar surface area (TPSA) is 25.2 Å². The second-order valence-electron chi connectivity index (χ2n) is 5.02. The highest BCUT2D eigenvalue weighted by Gasteiger charge is 2.09. The highest BCUT2D eigenvalue weighted by molar-refractivity contribution is 5.29. The van der Waals surface area contributed by atoms with Gasteiger partial charge < -0.3 is 9.73 Å². The molecule has 0 aliphatic heterocycles. The lowest BCUT2D eigenvalue weighted by atomic mass is 9.98. The third kappa shape index (κ3) is 3.47. The summed E-state index contributed by atoms with van der Waals surface area (Å²) in [6.45, 7) is 4.31. The Labute approximate surface area is 109 Å². The molecule has 0 aliphatic rings. The molecule has 0 radical (unpaired) electrons. The quantitative estimate of drug-likeness (QED) is 0.872. The summed E-state index contributed by atoms with van der Waals surface area (Å²) in [4.78, 5) is 0. The van der Waals surface area contributed by atoms with Crippen LogP contribution in [0, 0.1) is 13.8 Å². The maximum Gasteiger partial charge on any atom is 0.0935 e. The molecule has 0 aliphatic carbocycles. The molecule has 2 heteroatoms. The molecule has 2 rings (SSSR count). The molecule has 96 valence electrons. The fraction of sp³-hybridized carbons (Fsp3) is 0.375. The Morgan fingerprint density at radius 3 is 2.28 bits per heavy atom. The van der Waals surface area contributed by atoms with Gasteiger partial charge in [-0.15, -0.1) is 0 Å². The summed E-state index contributed by atoms with van der Waals surface area (Å²) in [5.74, 6) is 0. The van der Waals surface area contributed by atoms with Gasteiger partial charge in [-0.05, 0) is 50.9 Å². The minimum absolute atomic E-state index is 0.448. The molecular weight excluding hydrogens is 222 g/mol. The van der Waals surface area contributed by atoms with Crippen molar-refractivity contribution in [3.8, 4) is 0 Å². The van der Waals surface area contributed by atoms with Gasteiger partial charge in [0.1, 0.15) is 0 Å². The smallest absolute Gasteiger partial charge is 0.0935 e. The van der Waals surface area contributed by atoms with Crippen molar-refractivity contribution < 1.29 is 4.42 Å². The summed E-state index contributed by atoms with van der Waals surface area (Å²) in [5.41, 5.74) is 5.32. The van der Waals surface area contributed by atoms with Crippen LogP contribution in [0.25, 0.3) is 0 Å². The maximum atomic E-state index is 5.12. The van der Waals surface area contributed by atoms with Gasteiger partial charge in [-0.2, -0.15) is 0 Å². The van der Waals surface area contributed by atoms with Crippen molar-refractivity contribution in [1.29, 1.82) is 0 Å². The molecule has 0 saturated carbocycles. The van der Waals surface area contributed by atoms with Gasteiger partial charge in [0.05, 0.1) is 12.5 Å². The van der Waals surface area contributed by atoms with Crippen molar-refractivity contribution in [3.63, 3.8) is 0 Å². The normalized spacial score (nSPS) is 12.6. The first-order chi connectivity index (χ1) is 8.67. The van der Waals surface area contributed by atoms with E-state index >= 15 is 0 Å². The molecule has 18 heavy (non-hydrogen) atoms. The molecule has 0 amide bonds. The van der Waals surface area contributed by atoms with E-state index in [4.69, 9.17) is 4.42 Å². The summed E-state index contributed by atoms with van der Waals surface area (Å²) in [7, 11) is 2.02. The lowest BCUT2D eigenvalue weighted by molar-refractivity contribution is 0.538. The maximum absolute atomic E-state index is 5.12. The first kappa shape index (κ1) is 12.9. The highest BCUT2D eigenvalue weighted by Crippen LogP contribution is 2.13. The molecule has 1 atom stereocenters. The molecule has 0 spiro atoms. The number of hydrogen-bond acceptors (Lipinski definition) is 2. The lowest BCUT2D eigenvalue weighted by Gasteiger charge is -2.16. The average molecular weight is 243 g/mol. The van der Waals surface area contributed by atoms with Crippen molar-refractivity contribution in [2.24, 2.45) is 0 Å². The monoisotopic (exact) mass is 243 g/mol. The SMILES string of the molecule is CNC(Cc1ccoc1)Cc1cc(C)cc(C)c1. The van der Waals surface area contributed by atoms with Gasteiger partial charge in [0.25, 0.3) is 0 Å². The molecule has 1 unspecified atom stereocenters. The Hall–Kier alpha value is -1.54. The van der Waals surface area contributed by atoms with Crippen LogP contribution in [0.3, 0.4) is 0 Å². The fourth-order valence-corrected chi connectivity index (χ4v) is 2.44. The Kier molecular flexibility index (Phi) is 4.21. The van der Waals surface area contributed by atoms with E-state index in [1.807, 2.05) is 19.4 Å². The molecule has 1 N–H and O–H groups in total. The van der Waals surface area contributed by atoms with Crippen molar-refractivity contribution >= 4 is 0 Å². The van der Waals surface area contributed by atoms with Gasteiger partial charge >= 0.3 is 0 Å². The van der Waals surface area contributed by atoms with E-state index in [1.54, 1.807) is 6.26 Å². The van der Waals surface area contributed by atoms with E-state index in [2.05, 4.69) is 37.4 Å². The van der Waals surface area contributed by atoms with Crippen LogP contribution in [0.5, 0.6) is 0 Å². The van der Waals surface area contributed by atoms with Crippen LogP contribution in [0.1, 0.15) is 22.3 Å². The van der Waals surface area contributed by atoms with Gasteiger partial charge in [-0.3, -0.25) is 0 Å². The Bertz CT molecular complexity index is 468. The predicted molar refractivity (Wildman–Crippen MR) is 74.9 cm³/mol. The summed E-state index contributed by atoms with van der Waals surface area (Å²) < 4.78 is 5.12. The molecular formula is C16H21NO. The van der Waals surface area contributed by atoms with Crippen molar-refractivity contribution in [2.45, 2.75) is 32.7 Å². The second kappa shape index (κ2) is 5.87. The number of rotatable bonds is 5. The third-order valence-corrected chi connectivity index (χ3v) is 3.23. The van der Waals surface area contributed by atoms with E-state index in [1.165, 1.54) is 22.3 Å². The van der Waals surface area contributed by atoms with Crippen LogP contribution >= 0.6 is 0 Å². The number of benzene rings is 1. The van der Waals surface area contributed by atoms with Crippen LogP contribution in [0.15, 0.2) is 41.2 Å². The van der Waals surface area contributed by atoms with Gasteiger partial charge in [0, 0.05) is 6.04 Å². The fourth-order valence-electron chi connectivity index (χ4n) is 2.44. The first-order valence-electron chi connectivity index (χ1n) is 6.43. The number of aryl methyl sites for hydroxylation is 2. The zero-order valence-electron chi connectivity index (χ0n) is 11.4. The lowest BCUT2D eigenvalue weighted by Crippen LogP contribution is -2.29. The van der Waals surface area contributed by atoms with Gasteiger partial charge in [-0.25, -0.2) is 0 Å². The number of hydrogen-bond donors (Lipinski definition) is 1. The zero-order chi connectivity index (χ0) is 13.0. The minimum atomic E-state index is 0.448. The van der Waals surface area contributed by atoms with Crippen LogP contribution in [-0.4, -0.2) is 13.1 Å². The Morgan fingerprint density at radius 2 is 1.72 bits per heavy atom. The van der Waals surface area contributed by atoms with Crippen LogP contribution in [-0.2, 0) is 12.8 Å². The number of nitrogens with one attached hydrogen (secondary N) is 1. The predicted octanol–water partition coefficient (Wildman–Crippen LogP) is 3.27. The van der Waals surface area contributed by atoms with E-state index in [9.17, 15) is 0 Å². The number of likely N-dealkylation sites (N-methyl/N-ethyl adjacent to an activating group) is 1. The minimum Gasteiger partial charge on any atom is -0.472 e. The van der Waals surface area contributed by atoms with Crippen molar-refractivity contribution in [1.82, 2.24) is 5.32 Å².